The number of ether oxygens (including phenoxy) is 1. The van der Waals surface area contributed by atoms with E-state index in [-0.39, 0.29) is 27.7 Å². The van der Waals surface area contributed by atoms with Gasteiger partial charge in [-0.15, -0.1) is 0 Å². The largest absolute Gasteiger partial charge is 0.506 e. The molecule has 0 aliphatic rings. The molecule has 3 rings (SSSR count). The Hall–Kier alpha value is -3.58. The van der Waals surface area contributed by atoms with E-state index in [4.69, 9.17) is 16.3 Å². The number of halogens is 2. The summed E-state index contributed by atoms with van der Waals surface area (Å²) < 4.78 is 19.4. The van der Waals surface area contributed by atoms with Crippen molar-refractivity contribution >= 4 is 34.8 Å². The van der Waals surface area contributed by atoms with Crippen molar-refractivity contribution in [2.75, 3.05) is 10.6 Å². The summed E-state index contributed by atoms with van der Waals surface area (Å²) in [5, 5.41) is 15.3. The molecule has 3 aromatic carbocycles. The van der Waals surface area contributed by atoms with Crippen LogP contribution in [-0.4, -0.2) is 23.0 Å². The van der Waals surface area contributed by atoms with Gasteiger partial charge in [-0.05, 0) is 44.2 Å². The first-order valence-corrected chi connectivity index (χ1v) is 9.75. The molecule has 0 aliphatic heterocycles. The standard InChI is InChI=1S/C23H20ClFN2O4/c1-13-7-9-15(10-8-13)31-14(2)22(29)26-19-12-21(28)20(11-17(19)24)27-23(30)16-5-3-4-6-18(16)25/h3-12,14,28H,1-2H3,(H,26,29)(H,27,30). The van der Waals surface area contributed by atoms with Crippen molar-refractivity contribution in [3.05, 3.63) is 82.6 Å². The van der Waals surface area contributed by atoms with E-state index in [9.17, 15) is 19.1 Å². The monoisotopic (exact) mass is 442 g/mol. The van der Waals surface area contributed by atoms with Crippen molar-refractivity contribution in [2.24, 2.45) is 0 Å². The van der Waals surface area contributed by atoms with Crippen LogP contribution in [0, 0.1) is 12.7 Å². The maximum absolute atomic E-state index is 13.8. The summed E-state index contributed by atoms with van der Waals surface area (Å²) in [7, 11) is 0. The number of benzene rings is 3. The van der Waals surface area contributed by atoms with Crippen LogP contribution in [0.25, 0.3) is 0 Å². The highest BCUT2D eigenvalue weighted by Crippen LogP contribution is 2.34. The number of hydrogen-bond donors (Lipinski definition) is 3. The maximum Gasteiger partial charge on any atom is 0.265 e. The van der Waals surface area contributed by atoms with Gasteiger partial charge in [-0.2, -0.15) is 0 Å². The second kappa shape index (κ2) is 9.49. The zero-order chi connectivity index (χ0) is 22.5. The number of carbonyl (C=O) groups excluding carboxylic acids is 2. The van der Waals surface area contributed by atoms with Crippen LogP contribution in [0.3, 0.4) is 0 Å². The molecular formula is C23H20ClFN2O4. The first kappa shape index (κ1) is 22.1. The van der Waals surface area contributed by atoms with Gasteiger partial charge in [0.05, 0.1) is 22.0 Å². The first-order chi connectivity index (χ1) is 14.7. The van der Waals surface area contributed by atoms with Crippen LogP contribution in [0.15, 0.2) is 60.7 Å². The Balaban J connectivity index is 1.69. The Labute approximate surface area is 183 Å². The van der Waals surface area contributed by atoms with Gasteiger partial charge >= 0.3 is 0 Å². The van der Waals surface area contributed by atoms with Crippen molar-refractivity contribution in [1.29, 1.82) is 0 Å². The van der Waals surface area contributed by atoms with Crippen LogP contribution in [0.4, 0.5) is 15.8 Å². The number of rotatable bonds is 6. The lowest BCUT2D eigenvalue weighted by molar-refractivity contribution is -0.122. The second-order valence-electron chi connectivity index (χ2n) is 6.85. The van der Waals surface area contributed by atoms with Gasteiger partial charge in [0.1, 0.15) is 17.3 Å². The van der Waals surface area contributed by atoms with Gasteiger partial charge in [-0.3, -0.25) is 9.59 Å². The third kappa shape index (κ3) is 5.52. The zero-order valence-corrected chi connectivity index (χ0v) is 17.5. The highest BCUT2D eigenvalue weighted by molar-refractivity contribution is 6.34. The number of phenols is 1. The zero-order valence-electron chi connectivity index (χ0n) is 16.8. The van der Waals surface area contributed by atoms with Gasteiger partial charge in [0.15, 0.2) is 6.10 Å². The van der Waals surface area contributed by atoms with Crippen LogP contribution in [0.5, 0.6) is 11.5 Å². The SMILES string of the molecule is Cc1ccc(OC(C)C(=O)Nc2cc(O)c(NC(=O)c3ccccc3F)cc2Cl)cc1. The topological polar surface area (TPSA) is 87.7 Å². The fraction of sp³-hybridized carbons (Fsp3) is 0.130. The summed E-state index contributed by atoms with van der Waals surface area (Å²) in [6.45, 7) is 3.52. The van der Waals surface area contributed by atoms with Crippen LogP contribution >= 0.6 is 11.6 Å². The Morgan fingerprint density at radius 1 is 1.03 bits per heavy atom. The molecule has 0 spiro atoms. The van der Waals surface area contributed by atoms with Gasteiger partial charge in [-0.1, -0.05) is 41.4 Å². The van der Waals surface area contributed by atoms with Crippen molar-refractivity contribution in [3.63, 3.8) is 0 Å². The van der Waals surface area contributed by atoms with E-state index in [1.807, 2.05) is 19.1 Å². The smallest absolute Gasteiger partial charge is 0.265 e. The van der Waals surface area contributed by atoms with Crippen molar-refractivity contribution in [3.8, 4) is 11.5 Å². The van der Waals surface area contributed by atoms with E-state index in [1.54, 1.807) is 19.1 Å². The van der Waals surface area contributed by atoms with E-state index in [1.165, 1.54) is 30.3 Å². The third-order valence-electron chi connectivity index (χ3n) is 4.41. The van der Waals surface area contributed by atoms with E-state index in [2.05, 4.69) is 10.6 Å². The molecule has 3 aromatic rings. The summed E-state index contributed by atoms with van der Waals surface area (Å²) in [6.07, 6.45) is -0.832. The Bertz CT molecular complexity index is 1120. The predicted molar refractivity (Wildman–Crippen MR) is 117 cm³/mol. The Kier molecular flexibility index (Phi) is 6.77. The molecule has 1 unspecified atom stereocenters. The lowest BCUT2D eigenvalue weighted by atomic mass is 10.2. The Morgan fingerprint density at radius 2 is 1.71 bits per heavy atom. The van der Waals surface area contributed by atoms with Crippen LogP contribution in [0.1, 0.15) is 22.8 Å². The lowest BCUT2D eigenvalue weighted by Gasteiger charge is -2.16. The molecule has 31 heavy (non-hydrogen) atoms. The minimum absolute atomic E-state index is 0.0276. The third-order valence-corrected chi connectivity index (χ3v) is 4.73. The minimum Gasteiger partial charge on any atom is -0.506 e. The molecule has 0 bridgehead atoms. The molecule has 1 atom stereocenters. The molecule has 0 aliphatic carbocycles. The van der Waals surface area contributed by atoms with Crippen molar-refractivity contribution in [1.82, 2.24) is 0 Å². The summed E-state index contributed by atoms with van der Waals surface area (Å²) in [6, 6.07) is 15.1. The van der Waals surface area contributed by atoms with Gasteiger partial charge < -0.3 is 20.5 Å². The van der Waals surface area contributed by atoms with E-state index in [0.29, 0.717) is 5.75 Å². The van der Waals surface area contributed by atoms with E-state index >= 15 is 0 Å². The summed E-state index contributed by atoms with van der Waals surface area (Å²) in [5.41, 5.74) is 0.985. The molecule has 3 N–H and O–H groups in total. The minimum atomic E-state index is -0.832. The second-order valence-corrected chi connectivity index (χ2v) is 7.25. The van der Waals surface area contributed by atoms with Crippen molar-refractivity contribution < 1.29 is 23.8 Å². The molecule has 0 aromatic heterocycles. The summed E-state index contributed by atoms with van der Waals surface area (Å²) in [5.74, 6) is -1.74. The normalized spacial score (nSPS) is 11.5. The number of phenolic OH excluding ortho intramolecular Hbond substituents is 1. The first-order valence-electron chi connectivity index (χ1n) is 9.37. The number of amides is 2. The highest BCUT2D eigenvalue weighted by Gasteiger charge is 2.19. The van der Waals surface area contributed by atoms with Crippen LogP contribution in [0.2, 0.25) is 5.02 Å². The number of hydrogen-bond acceptors (Lipinski definition) is 4. The van der Waals surface area contributed by atoms with E-state index in [0.717, 1.165) is 11.6 Å². The molecule has 0 radical (unpaired) electrons. The maximum atomic E-state index is 13.8. The average Bonchev–Trinajstić information content (AvgIpc) is 2.73. The predicted octanol–water partition coefficient (Wildman–Crippen LogP) is 5.15. The highest BCUT2D eigenvalue weighted by atomic mass is 35.5. The quantitative estimate of drug-likeness (QED) is 0.460. The van der Waals surface area contributed by atoms with Gasteiger partial charge in [0.2, 0.25) is 0 Å². The molecule has 0 fully saturated rings. The summed E-state index contributed by atoms with van der Waals surface area (Å²) >= 11 is 6.20. The summed E-state index contributed by atoms with van der Waals surface area (Å²) in [4.78, 5) is 24.7. The molecule has 8 heteroatoms. The molecule has 0 heterocycles. The molecule has 0 saturated carbocycles. The molecule has 6 nitrogen and oxygen atoms in total. The van der Waals surface area contributed by atoms with Crippen LogP contribution in [-0.2, 0) is 4.79 Å². The lowest BCUT2D eigenvalue weighted by Crippen LogP contribution is -2.30. The number of carbonyl (C=O) groups is 2. The fourth-order valence-electron chi connectivity index (χ4n) is 2.70. The molecule has 2 amide bonds. The average molecular weight is 443 g/mol. The molecular weight excluding hydrogens is 423 g/mol. The van der Waals surface area contributed by atoms with Crippen molar-refractivity contribution in [2.45, 2.75) is 20.0 Å². The van der Waals surface area contributed by atoms with Crippen LogP contribution < -0.4 is 15.4 Å². The number of anilines is 2. The van der Waals surface area contributed by atoms with Gasteiger partial charge in [-0.25, -0.2) is 4.39 Å². The fourth-order valence-corrected chi connectivity index (χ4v) is 2.91. The number of aryl methyl sites for hydroxylation is 1. The Morgan fingerprint density at radius 3 is 2.39 bits per heavy atom. The van der Waals surface area contributed by atoms with Gasteiger partial charge in [0, 0.05) is 6.07 Å². The number of nitrogens with one attached hydrogen (secondary N) is 2. The molecule has 0 saturated heterocycles. The molecule has 160 valence electrons. The van der Waals surface area contributed by atoms with Gasteiger partial charge in [0.25, 0.3) is 11.8 Å². The number of aromatic hydroxyl groups is 1. The van der Waals surface area contributed by atoms with E-state index < -0.39 is 23.7 Å².